The Hall–Kier alpha value is -4.13. The lowest BCUT2D eigenvalue weighted by Gasteiger charge is -2.19. The number of para-hydroxylation sites is 1. The van der Waals surface area contributed by atoms with Crippen molar-refractivity contribution in [1.82, 2.24) is 10.3 Å². The zero-order valence-electron chi connectivity index (χ0n) is 18.1. The van der Waals surface area contributed by atoms with Gasteiger partial charge >= 0.3 is 12.0 Å². The second kappa shape index (κ2) is 9.99. The Bertz CT molecular complexity index is 1250. The molecule has 4 rings (SSSR count). The fourth-order valence-electron chi connectivity index (χ4n) is 3.74. The minimum Gasteiger partial charge on any atom is -0.466 e. The van der Waals surface area contributed by atoms with Gasteiger partial charge in [-0.3, -0.25) is 4.79 Å². The third kappa shape index (κ3) is 5.20. The summed E-state index contributed by atoms with van der Waals surface area (Å²) in [6.07, 6.45) is 0.00395. The molecule has 33 heavy (non-hydrogen) atoms. The number of aromatic nitrogens is 1. The standard InChI is InChI=1S/C26H24FN3O3/c1-2-33-23(31)16-22(17-8-4-3-5-9-17)29-26(32)30-25-20-10-6-7-11-21(20)28-24(25)18-12-14-19(27)15-13-18/h3-15,22,28H,2,16H2,1H3,(H2,29,30,32). The number of anilines is 1. The van der Waals surface area contributed by atoms with Crippen LogP contribution in [-0.2, 0) is 9.53 Å². The molecule has 3 aromatic carbocycles. The first-order valence-corrected chi connectivity index (χ1v) is 10.7. The first kappa shape index (κ1) is 22.1. The zero-order valence-corrected chi connectivity index (χ0v) is 18.1. The number of H-pyrrole nitrogens is 1. The fourth-order valence-corrected chi connectivity index (χ4v) is 3.74. The summed E-state index contributed by atoms with van der Waals surface area (Å²) >= 11 is 0. The molecule has 6 nitrogen and oxygen atoms in total. The van der Waals surface area contributed by atoms with E-state index in [2.05, 4.69) is 15.6 Å². The predicted molar refractivity (Wildman–Crippen MR) is 126 cm³/mol. The summed E-state index contributed by atoms with van der Waals surface area (Å²) in [7, 11) is 0. The maximum atomic E-state index is 13.5. The van der Waals surface area contributed by atoms with Crippen molar-refractivity contribution >= 4 is 28.6 Å². The number of esters is 1. The highest BCUT2D eigenvalue weighted by atomic mass is 19.1. The SMILES string of the molecule is CCOC(=O)CC(NC(=O)Nc1c(-c2ccc(F)cc2)[nH]c2ccccc12)c1ccccc1. The molecule has 0 spiro atoms. The number of rotatable bonds is 7. The van der Waals surface area contributed by atoms with Crippen molar-refractivity contribution in [3.05, 3.63) is 90.2 Å². The van der Waals surface area contributed by atoms with Gasteiger partial charge in [-0.05, 0) is 42.8 Å². The van der Waals surface area contributed by atoms with Gasteiger partial charge in [-0.15, -0.1) is 0 Å². The first-order valence-electron chi connectivity index (χ1n) is 10.7. The number of carbonyl (C=O) groups is 2. The van der Waals surface area contributed by atoms with Gasteiger partial charge in [-0.1, -0.05) is 48.5 Å². The normalized spacial score (nSPS) is 11.7. The molecule has 168 valence electrons. The zero-order chi connectivity index (χ0) is 23.2. The van der Waals surface area contributed by atoms with Crippen molar-refractivity contribution < 1.29 is 18.7 Å². The number of urea groups is 1. The Morgan fingerprint density at radius 3 is 2.39 bits per heavy atom. The number of aromatic amines is 1. The molecule has 1 heterocycles. The number of ether oxygens (including phenoxy) is 1. The Labute approximate surface area is 190 Å². The molecule has 0 bridgehead atoms. The Morgan fingerprint density at radius 2 is 1.67 bits per heavy atom. The van der Waals surface area contributed by atoms with Crippen LogP contribution in [0.4, 0.5) is 14.9 Å². The number of hydrogen-bond acceptors (Lipinski definition) is 3. The number of fused-ring (bicyclic) bond motifs is 1. The lowest BCUT2D eigenvalue weighted by Crippen LogP contribution is -2.34. The van der Waals surface area contributed by atoms with Gasteiger partial charge in [0.15, 0.2) is 0 Å². The number of hydrogen-bond donors (Lipinski definition) is 3. The highest BCUT2D eigenvalue weighted by molar-refractivity contribution is 6.07. The number of nitrogens with one attached hydrogen (secondary N) is 3. The van der Waals surface area contributed by atoms with Gasteiger partial charge in [0.05, 0.1) is 30.5 Å². The van der Waals surface area contributed by atoms with Crippen LogP contribution in [0, 0.1) is 5.82 Å². The topological polar surface area (TPSA) is 83.2 Å². The summed E-state index contributed by atoms with van der Waals surface area (Å²) in [5, 5.41) is 6.63. The van der Waals surface area contributed by atoms with Gasteiger partial charge in [0.25, 0.3) is 0 Å². The van der Waals surface area contributed by atoms with E-state index in [1.165, 1.54) is 12.1 Å². The summed E-state index contributed by atoms with van der Waals surface area (Å²) in [5.41, 5.74) is 3.58. The second-order valence-corrected chi connectivity index (χ2v) is 7.50. The van der Waals surface area contributed by atoms with Gasteiger partial charge in [0, 0.05) is 16.5 Å². The highest BCUT2D eigenvalue weighted by Crippen LogP contribution is 2.35. The monoisotopic (exact) mass is 445 g/mol. The van der Waals surface area contributed by atoms with E-state index in [4.69, 9.17) is 4.74 Å². The van der Waals surface area contributed by atoms with Crippen molar-refractivity contribution in [3.63, 3.8) is 0 Å². The summed E-state index contributed by atoms with van der Waals surface area (Å²) in [4.78, 5) is 28.5. The molecule has 0 saturated carbocycles. The van der Waals surface area contributed by atoms with E-state index in [-0.39, 0.29) is 18.8 Å². The summed E-state index contributed by atoms with van der Waals surface area (Å²) in [5.74, 6) is -0.738. The average Bonchev–Trinajstić information content (AvgIpc) is 3.18. The minimum atomic E-state index is -0.565. The molecule has 4 aromatic rings. The predicted octanol–water partition coefficient (Wildman–Crippen LogP) is 5.79. The molecule has 0 aliphatic carbocycles. The molecule has 2 amide bonds. The van der Waals surface area contributed by atoms with Crippen LogP contribution in [0.25, 0.3) is 22.2 Å². The van der Waals surface area contributed by atoms with Crippen LogP contribution in [0.3, 0.4) is 0 Å². The van der Waals surface area contributed by atoms with E-state index in [9.17, 15) is 14.0 Å². The van der Waals surface area contributed by atoms with E-state index in [1.54, 1.807) is 19.1 Å². The van der Waals surface area contributed by atoms with Crippen LogP contribution in [0.5, 0.6) is 0 Å². The molecule has 0 saturated heterocycles. The highest BCUT2D eigenvalue weighted by Gasteiger charge is 2.21. The number of halogens is 1. The van der Waals surface area contributed by atoms with E-state index in [0.29, 0.717) is 11.4 Å². The molecule has 0 radical (unpaired) electrons. The van der Waals surface area contributed by atoms with Crippen LogP contribution in [0.1, 0.15) is 24.9 Å². The van der Waals surface area contributed by atoms with E-state index in [0.717, 1.165) is 22.0 Å². The smallest absolute Gasteiger partial charge is 0.319 e. The molecule has 1 atom stereocenters. The molecule has 0 fully saturated rings. The van der Waals surface area contributed by atoms with Crippen molar-refractivity contribution in [1.29, 1.82) is 0 Å². The van der Waals surface area contributed by atoms with E-state index >= 15 is 0 Å². The average molecular weight is 445 g/mol. The van der Waals surface area contributed by atoms with Crippen LogP contribution in [0.2, 0.25) is 0 Å². The molecular formula is C26H24FN3O3. The maximum absolute atomic E-state index is 13.5. The third-order valence-electron chi connectivity index (χ3n) is 5.26. The van der Waals surface area contributed by atoms with E-state index < -0.39 is 18.0 Å². The van der Waals surface area contributed by atoms with Gasteiger partial charge in [-0.2, -0.15) is 0 Å². The maximum Gasteiger partial charge on any atom is 0.319 e. The van der Waals surface area contributed by atoms with Crippen LogP contribution in [-0.4, -0.2) is 23.6 Å². The van der Waals surface area contributed by atoms with E-state index in [1.807, 2.05) is 54.6 Å². The summed E-state index contributed by atoms with van der Waals surface area (Å²) in [6.45, 7) is 2.01. The molecule has 0 aliphatic heterocycles. The summed E-state index contributed by atoms with van der Waals surface area (Å²) < 4.78 is 18.5. The lowest BCUT2D eigenvalue weighted by molar-refractivity contribution is -0.143. The lowest BCUT2D eigenvalue weighted by atomic mass is 10.0. The molecule has 3 N–H and O–H groups in total. The second-order valence-electron chi connectivity index (χ2n) is 7.50. The molecular weight excluding hydrogens is 421 g/mol. The number of carbonyl (C=O) groups excluding carboxylic acids is 2. The largest absolute Gasteiger partial charge is 0.466 e. The Morgan fingerprint density at radius 1 is 0.970 bits per heavy atom. The molecule has 1 aromatic heterocycles. The van der Waals surface area contributed by atoms with Crippen molar-refractivity contribution in [2.45, 2.75) is 19.4 Å². The van der Waals surface area contributed by atoms with Gasteiger partial charge in [0.2, 0.25) is 0 Å². The van der Waals surface area contributed by atoms with Crippen molar-refractivity contribution in [3.8, 4) is 11.3 Å². The molecule has 1 unspecified atom stereocenters. The first-order chi connectivity index (χ1) is 16.0. The fraction of sp³-hybridized carbons (Fsp3) is 0.154. The Balaban J connectivity index is 1.63. The van der Waals surface area contributed by atoms with Crippen LogP contribution >= 0.6 is 0 Å². The minimum absolute atomic E-state index is 0.00395. The van der Waals surface area contributed by atoms with Crippen molar-refractivity contribution in [2.24, 2.45) is 0 Å². The third-order valence-corrected chi connectivity index (χ3v) is 5.26. The molecule has 0 aliphatic rings. The Kier molecular flexibility index (Phi) is 6.69. The number of benzene rings is 3. The van der Waals surface area contributed by atoms with Gasteiger partial charge < -0.3 is 20.4 Å². The number of amides is 2. The quantitative estimate of drug-likeness (QED) is 0.315. The summed E-state index contributed by atoms with van der Waals surface area (Å²) in [6, 6.07) is 21.8. The van der Waals surface area contributed by atoms with Gasteiger partial charge in [0.1, 0.15) is 5.82 Å². The van der Waals surface area contributed by atoms with Crippen LogP contribution in [0.15, 0.2) is 78.9 Å². The molecule has 7 heteroatoms. The van der Waals surface area contributed by atoms with Crippen molar-refractivity contribution in [2.75, 3.05) is 11.9 Å². The van der Waals surface area contributed by atoms with Gasteiger partial charge in [-0.25, -0.2) is 9.18 Å². The van der Waals surface area contributed by atoms with Crippen LogP contribution < -0.4 is 10.6 Å².